The molecule has 168 valence electrons. The molecule has 33 heavy (non-hydrogen) atoms. The van der Waals surface area contributed by atoms with Gasteiger partial charge in [-0.2, -0.15) is 13.2 Å². The van der Waals surface area contributed by atoms with Crippen molar-refractivity contribution >= 4 is 35.0 Å². The van der Waals surface area contributed by atoms with Crippen molar-refractivity contribution in [2.45, 2.75) is 11.3 Å². The minimum absolute atomic E-state index is 0.0664. The molecule has 0 aliphatic carbocycles. The monoisotopic (exact) mass is 488 g/mol. The molecule has 0 saturated carbocycles. The summed E-state index contributed by atoms with van der Waals surface area (Å²) in [7, 11) is 0. The summed E-state index contributed by atoms with van der Waals surface area (Å²) in [6.45, 7) is 0. The number of nitrogens with one attached hydrogen (secondary N) is 1. The number of rotatable bonds is 6. The van der Waals surface area contributed by atoms with Crippen LogP contribution in [-0.2, 0) is 11.0 Å². The zero-order chi connectivity index (χ0) is 23.4. The summed E-state index contributed by atoms with van der Waals surface area (Å²) >= 11 is 7.47. The first kappa shape index (κ1) is 22.9. The minimum atomic E-state index is -4.49. The molecule has 0 fully saturated rings. The highest BCUT2D eigenvalue weighted by Crippen LogP contribution is 2.33. The third-order valence-electron chi connectivity index (χ3n) is 4.57. The highest BCUT2D eigenvalue weighted by Gasteiger charge is 2.30. The van der Waals surface area contributed by atoms with E-state index in [0.29, 0.717) is 21.6 Å². The second-order valence-electron chi connectivity index (χ2n) is 6.87. The van der Waals surface area contributed by atoms with Gasteiger partial charge in [0, 0.05) is 16.9 Å². The molecule has 3 aromatic carbocycles. The van der Waals surface area contributed by atoms with E-state index in [4.69, 9.17) is 11.6 Å². The Bertz CT molecular complexity index is 1280. The minimum Gasteiger partial charge on any atom is -0.325 e. The molecule has 1 aromatic heterocycles. The molecule has 1 N–H and O–H groups in total. The molecule has 5 nitrogen and oxygen atoms in total. The Labute approximate surface area is 196 Å². The Hall–Kier alpha value is -3.30. The summed E-state index contributed by atoms with van der Waals surface area (Å²) < 4.78 is 40.5. The normalized spacial score (nSPS) is 11.4. The molecule has 0 aliphatic heterocycles. The number of thioether (sulfide) groups is 1. The number of aromatic nitrogens is 3. The number of hydrogen-bond donors (Lipinski definition) is 1. The Morgan fingerprint density at radius 2 is 1.70 bits per heavy atom. The molecule has 0 aliphatic rings. The van der Waals surface area contributed by atoms with E-state index >= 15 is 0 Å². The van der Waals surface area contributed by atoms with Gasteiger partial charge in [0.15, 0.2) is 11.0 Å². The summed E-state index contributed by atoms with van der Waals surface area (Å²) in [5.41, 5.74) is 0.687. The predicted octanol–water partition coefficient (Wildman–Crippen LogP) is 6.34. The highest BCUT2D eigenvalue weighted by atomic mass is 35.5. The predicted molar refractivity (Wildman–Crippen MR) is 123 cm³/mol. The summed E-state index contributed by atoms with van der Waals surface area (Å²) in [5, 5.41) is 11.9. The van der Waals surface area contributed by atoms with Gasteiger partial charge < -0.3 is 5.32 Å². The number of carbonyl (C=O) groups is 1. The van der Waals surface area contributed by atoms with Crippen LogP contribution in [0.15, 0.2) is 84.0 Å². The molecule has 4 aromatic rings. The van der Waals surface area contributed by atoms with Crippen molar-refractivity contribution in [2.24, 2.45) is 0 Å². The Kier molecular flexibility index (Phi) is 6.71. The number of hydrogen-bond acceptors (Lipinski definition) is 4. The number of anilines is 1. The average molecular weight is 489 g/mol. The quantitative estimate of drug-likeness (QED) is 0.322. The topological polar surface area (TPSA) is 59.8 Å². The third kappa shape index (κ3) is 5.37. The SMILES string of the molecule is O=C(CSc1nnc(-c2ccccc2Cl)n1-c1ccccc1)Nc1cccc(C(F)(F)F)c1. The zero-order valence-corrected chi connectivity index (χ0v) is 18.5. The zero-order valence-electron chi connectivity index (χ0n) is 16.9. The van der Waals surface area contributed by atoms with E-state index in [2.05, 4.69) is 15.5 Å². The van der Waals surface area contributed by atoms with Gasteiger partial charge in [0.1, 0.15) is 0 Å². The van der Waals surface area contributed by atoms with Gasteiger partial charge in [0.05, 0.1) is 16.3 Å². The first-order valence-electron chi connectivity index (χ1n) is 9.68. The van der Waals surface area contributed by atoms with Gasteiger partial charge in [-0.3, -0.25) is 9.36 Å². The molecular formula is C23H16ClF3N4OS. The number of nitrogens with zero attached hydrogens (tertiary/aromatic N) is 3. The van der Waals surface area contributed by atoms with Gasteiger partial charge >= 0.3 is 6.18 Å². The second-order valence-corrected chi connectivity index (χ2v) is 8.22. The number of carbonyl (C=O) groups excluding carboxylic acids is 1. The van der Waals surface area contributed by atoms with Gasteiger partial charge in [0.25, 0.3) is 0 Å². The van der Waals surface area contributed by atoms with Crippen molar-refractivity contribution in [2.75, 3.05) is 11.1 Å². The fourth-order valence-corrected chi connectivity index (χ4v) is 4.06. The van der Waals surface area contributed by atoms with Crippen LogP contribution in [0.3, 0.4) is 0 Å². The van der Waals surface area contributed by atoms with Crippen LogP contribution in [0.25, 0.3) is 17.1 Å². The largest absolute Gasteiger partial charge is 0.416 e. The lowest BCUT2D eigenvalue weighted by atomic mass is 10.2. The van der Waals surface area contributed by atoms with E-state index in [0.717, 1.165) is 29.6 Å². The fraction of sp³-hybridized carbons (Fsp3) is 0.0870. The van der Waals surface area contributed by atoms with E-state index in [9.17, 15) is 18.0 Å². The maximum atomic E-state index is 12.9. The number of para-hydroxylation sites is 1. The standard InChI is InChI=1S/C23H16ClF3N4OS/c24-19-12-5-4-11-18(19)21-29-30-22(31(21)17-9-2-1-3-10-17)33-14-20(32)28-16-8-6-7-15(13-16)23(25,26)27/h1-13H,14H2,(H,28,32). The number of benzene rings is 3. The lowest BCUT2D eigenvalue weighted by Crippen LogP contribution is -2.15. The van der Waals surface area contributed by atoms with Crippen molar-refractivity contribution in [3.8, 4) is 17.1 Å². The molecule has 0 spiro atoms. The van der Waals surface area contributed by atoms with E-state index in [1.807, 2.05) is 48.5 Å². The Morgan fingerprint density at radius 3 is 2.42 bits per heavy atom. The van der Waals surface area contributed by atoms with Crippen LogP contribution < -0.4 is 5.32 Å². The van der Waals surface area contributed by atoms with Gasteiger partial charge in [0.2, 0.25) is 5.91 Å². The fourth-order valence-electron chi connectivity index (χ4n) is 3.09. The molecule has 4 rings (SSSR count). The molecule has 0 bridgehead atoms. The van der Waals surface area contributed by atoms with Gasteiger partial charge in [-0.05, 0) is 42.5 Å². The van der Waals surface area contributed by atoms with E-state index in [-0.39, 0.29) is 11.4 Å². The van der Waals surface area contributed by atoms with Crippen molar-refractivity contribution in [1.29, 1.82) is 0 Å². The lowest BCUT2D eigenvalue weighted by molar-refractivity contribution is -0.137. The summed E-state index contributed by atoms with van der Waals surface area (Å²) in [5.74, 6) is -0.0437. The van der Waals surface area contributed by atoms with Gasteiger partial charge in [-0.25, -0.2) is 0 Å². The maximum absolute atomic E-state index is 12.9. The summed E-state index contributed by atoms with van der Waals surface area (Å²) in [6, 6.07) is 21.0. The molecule has 10 heteroatoms. The number of halogens is 4. The molecule has 0 saturated heterocycles. The molecular weight excluding hydrogens is 473 g/mol. The van der Waals surface area contributed by atoms with E-state index in [1.165, 1.54) is 12.1 Å². The van der Waals surface area contributed by atoms with Crippen molar-refractivity contribution in [3.05, 3.63) is 89.4 Å². The second kappa shape index (κ2) is 9.68. The lowest BCUT2D eigenvalue weighted by Gasteiger charge is -2.12. The first-order valence-corrected chi connectivity index (χ1v) is 11.0. The molecule has 1 heterocycles. The molecule has 0 unspecified atom stereocenters. The Balaban J connectivity index is 1.57. The first-order chi connectivity index (χ1) is 15.8. The average Bonchev–Trinajstić information content (AvgIpc) is 3.22. The van der Waals surface area contributed by atoms with E-state index in [1.54, 1.807) is 10.6 Å². The maximum Gasteiger partial charge on any atom is 0.416 e. The highest BCUT2D eigenvalue weighted by molar-refractivity contribution is 7.99. The molecule has 0 atom stereocenters. The van der Waals surface area contributed by atoms with Crippen LogP contribution in [0.1, 0.15) is 5.56 Å². The number of amides is 1. The van der Waals surface area contributed by atoms with Crippen LogP contribution >= 0.6 is 23.4 Å². The Morgan fingerprint density at radius 1 is 0.970 bits per heavy atom. The van der Waals surface area contributed by atoms with Crippen LogP contribution in [-0.4, -0.2) is 26.4 Å². The van der Waals surface area contributed by atoms with Crippen LogP contribution in [0.5, 0.6) is 0 Å². The van der Waals surface area contributed by atoms with E-state index < -0.39 is 17.6 Å². The van der Waals surface area contributed by atoms with Crippen molar-refractivity contribution in [3.63, 3.8) is 0 Å². The molecule has 0 radical (unpaired) electrons. The third-order valence-corrected chi connectivity index (χ3v) is 5.83. The van der Waals surface area contributed by atoms with Gasteiger partial charge in [-0.1, -0.05) is 59.8 Å². The number of alkyl halides is 3. The van der Waals surface area contributed by atoms with Crippen LogP contribution in [0.2, 0.25) is 5.02 Å². The van der Waals surface area contributed by atoms with Crippen LogP contribution in [0, 0.1) is 0 Å². The van der Waals surface area contributed by atoms with Crippen LogP contribution in [0.4, 0.5) is 18.9 Å². The van der Waals surface area contributed by atoms with Gasteiger partial charge in [-0.15, -0.1) is 10.2 Å². The smallest absolute Gasteiger partial charge is 0.325 e. The summed E-state index contributed by atoms with van der Waals surface area (Å²) in [4.78, 5) is 12.4. The molecule has 1 amide bonds. The summed E-state index contributed by atoms with van der Waals surface area (Å²) in [6.07, 6.45) is -4.49. The van der Waals surface area contributed by atoms with Crippen molar-refractivity contribution < 1.29 is 18.0 Å². The van der Waals surface area contributed by atoms with Crippen molar-refractivity contribution in [1.82, 2.24) is 14.8 Å².